The number of carbonyl (C=O) groups excluding carboxylic acids is 2. The number of hydrogen-bond donors (Lipinski definition) is 1. The van der Waals surface area contributed by atoms with Gasteiger partial charge in [0.2, 0.25) is 11.1 Å². The largest absolute Gasteiger partial charge is 0.326 e. The van der Waals surface area contributed by atoms with E-state index >= 15 is 0 Å². The highest BCUT2D eigenvalue weighted by Crippen LogP contribution is 2.13. The van der Waals surface area contributed by atoms with Crippen LogP contribution in [-0.4, -0.2) is 11.1 Å². The molecule has 0 saturated carbocycles. The number of carbonyl (C=O) groups is 2. The molecule has 0 atom stereocenters. The topological polar surface area (TPSA) is 46.2 Å². The van der Waals surface area contributed by atoms with Crippen molar-refractivity contribution >= 4 is 40.0 Å². The number of amides is 1. The van der Waals surface area contributed by atoms with E-state index in [1.165, 1.54) is 0 Å². The quantitative estimate of drug-likeness (QED) is 0.830. The Bertz CT molecular complexity index is 362. The lowest BCUT2D eigenvalue weighted by Gasteiger charge is -2.03. The summed E-state index contributed by atoms with van der Waals surface area (Å²) in [6, 6.07) is 6.71. The molecule has 0 radical (unpaired) electrons. The van der Waals surface area contributed by atoms with Gasteiger partial charge in [0.15, 0.2) is 0 Å². The Hall–Kier alpha value is -1.06. The minimum atomic E-state index is -0.513. The maximum atomic E-state index is 11.2. The maximum Gasteiger partial charge on any atom is 0.224 e. The summed E-state index contributed by atoms with van der Waals surface area (Å²) < 4.78 is 0. The van der Waals surface area contributed by atoms with Gasteiger partial charge in [0, 0.05) is 23.6 Å². The molecule has 0 saturated heterocycles. The second-order valence-electron chi connectivity index (χ2n) is 2.91. The highest BCUT2D eigenvalue weighted by Gasteiger charge is 2.04. The third-order valence-corrected chi connectivity index (χ3v) is 2.12. The molecule has 0 unspecified atom stereocenters. The van der Waals surface area contributed by atoms with Gasteiger partial charge in [0.05, 0.1) is 0 Å². The first-order valence-corrected chi connectivity index (χ1v) is 5.07. The van der Waals surface area contributed by atoms with Crippen molar-refractivity contribution < 1.29 is 9.59 Å². The molecule has 1 N–H and O–H groups in total. The van der Waals surface area contributed by atoms with Crippen LogP contribution in [0.2, 0.25) is 5.02 Å². The van der Waals surface area contributed by atoms with E-state index < -0.39 is 5.24 Å². The zero-order valence-corrected chi connectivity index (χ0v) is 9.31. The van der Waals surface area contributed by atoms with Crippen LogP contribution in [0.1, 0.15) is 12.8 Å². The van der Waals surface area contributed by atoms with Gasteiger partial charge in [-0.05, 0) is 35.9 Å². The van der Waals surface area contributed by atoms with Gasteiger partial charge in [-0.2, -0.15) is 0 Å². The van der Waals surface area contributed by atoms with Crippen LogP contribution in [0.25, 0.3) is 0 Å². The number of hydrogen-bond acceptors (Lipinski definition) is 2. The fourth-order valence-electron chi connectivity index (χ4n) is 0.969. The summed E-state index contributed by atoms with van der Waals surface area (Å²) in [4.78, 5) is 21.7. The molecular formula is C10H9Cl2NO2. The van der Waals surface area contributed by atoms with Gasteiger partial charge >= 0.3 is 0 Å². The summed E-state index contributed by atoms with van der Waals surface area (Å²) in [5.74, 6) is -0.244. The van der Waals surface area contributed by atoms with Crippen LogP contribution < -0.4 is 5.32 Å². The number of benzene rings is 1. The molecule has 1 amide bonds. The van der Waals surface area contributed by atoms with E-state index in [0.717, 1.165) is 0 Å². The number of nitrogens with one attached hydrogen (secondary N) is 1. The van der Waals surface area contributed by atoms with E-state index in [1.807, 2.05) is 0 Å². The average molecular weight is 246 g/mol. The Morgan fingerprint density at radius 2 is 1.73 bits per heavy atom. The maximum absolute atomic E-state index is 11.2. The molecular weight excluding hydrogens is 237 g/mol. The molecule has 0 heterocycles. The fraction of sp³-hybridized carbons (Fsp3) is 0.200. The number of rotatable bonds is 4. The molecule has 1 aromatic rings. The Morgan fingerprint density at radius 1 is 1.13 bits per heavy atom. The monoisotopic (exact) mass is 245 g/mol. The second-order valence-corrected chi connectivity index (χ2v) is 3.77. The lowest BCUT2D eigenvalue weighted by molar-refractivity contribution is -0.119. The minimum absolute atomic E-state index is 0.0426. The highest BCUT2D eigenvalue weighted by atomic mass is 35.5. The molecule has 0 spiro atoms. The molecule has 0 aliphatic carbocycles. The third kappa shape index (κ3) is 4.81. The van der Waals surface area contributed by atoms with Gasteiger partial charge in [-0.1, -0.05) is 11.6 Å². The summed E-state index contributed by atoms with van der Waals surface area (Å²) in [7, 11) is 0. The van der Waals surface area contributed by atoms with E-state index in [0.29, 0.717) is 10.7 Å². The van der Waals surface area contributed by atoms with Crippen molar-refractivity contribution in [2.75, 3.05) is 5.32 Å². The van der Waals surface area contributed by atoms with Crippen LogP contribution in [-0.2, 0) is 9.59 Å². The predicted molar refractivity (Wildman–Crippen MR) is 60.2 cm³/mol. The SMILES string of the molecule is O=C(Cl)CCC(=O)Nc1ccc(Cl)cc1. The standard InChI is InChI=1S/C10H9Cl2NO2/c11-7-1-3-8(4-2-7)13-10(15)6-5-9(12)14/h1-4H,5-6H2,(H,13,15). The predicted octanol–water partition coefficient (Wildman–Crippen LogP) is 2.82. The molecule has 0 bridgehead atoms. The lowest BCUT2D eigenvalue weighted by Crippen LogP contribution is -2.11. The van der Waals surface area contributed by atoms with Gasteiger partial charge in [-0.25, -0.2) is 0 Å². The van der Waals surface area contributed by atoms with Gasteiger partial charge in [-0.15, -0.1) is 0 Å². The molecule has 80 valence electrons. The van der Waals surface area contributed by atoms with Gasteiger partial charge < -0.3 is 5.32 Å². The molecule has 0 fully saturated rings. The molecule has 0 aromatic heterocycles. The lowest BCUT2D eigenvalue weighted by atomic mass is 10.3. The Balaban J connectivity index is 2.44. The minimum Gasteiger partial charge on any atom is -0.326 e. The first-order chi connectivity index (χ1) is 7.08. The Labute approximate surface area is 97.4 Å². The van der Waals surface area contributed by atoms with Crippen molar-refractivity contribution in [3.8, 4) is 0 Å². The zero-order valence-electron chi connectivity index (χ0n) is 7.80. The smallest absolute Gasteiger partial charge is 0.224 e. The summed E-state index contributed by atoms with van der Waals surface area (Å²) in [5.41, 5.74) is 0.645. The van der Waals surface area contributed by atoms with E-state index in [1.54, 1.807) is 24.3 Å². The van der Waals surface area contributed by atoms with Crippen molar-refractivity contribution in [3.63, 3.8) is 0 Å². The summed E-state index contributed by atoms with van der Waals surface area (Å²) in [6.07, 6.45) is 0.131. The van der Waals surface area contributed by atoms with Gasteiger partial charge in [0.1, 0.15) is 0 Å². The van der Waals surface area contributed by atoms with Crippen LogP contribution in [0.4, 0.5) is 5.69 Å². The van der Waals surface area contributed by atoms with Crippen LogP contribution in [0.5, 0.6) is 0 Å². The first-order valence-electron chi connectivity index (χ1n) is 4.31. The van der Waals surface area contributed by atoms with E-state index in [2.05, 4.69) is 5.32 Å². The van der Waals surface area contributed by atoms with E-state index in [-0.39, 0.29) is 18.7 Å². The number of anilines is 1. The van der Waals surface area contributed by atoms with Crippen LogP contribution in [0.15, 0.2) is 24.3 Å². The second kappa shape index (κ2) is 5.73. The zero-order chi connectivity index (χ0) is 11.3. The molecule has 1 aromatic carbocycles. The molecule has 15 heavy (non-hydrogen) atoms. The fourth-order valence-corrected chi connectivity index (χ4v) is 1.19. The van der Waals surface area contributed by atoms with E-state index in [4.69, 9.17) is 23.2 Å². The Kier molecular flexibility index (Phi) is 4.59. The average Bonchev–Trinajstić information content (AvgIpc) is 2.19. The van der Waals surface area contributed by atoms with Crippen LogP contribution in [0, 0.1) is 0 Å². The van der Waals surface area contributed by atoms with Crippen molar-refractivity contribution in [2.45, 2.75) is 12.8 Å². The summed E-state index contributed by atoms with van der Waals surface area (Å²) in [5, 5.41) is 2.70. The Morgan fingerprint density at radius 3 is 2.27 bits per heavy atom. The molecule has 5 heteroatoms. The van der Waals surface area contributed by atoms with Crippen LogP contribution in [0.3, 0.4) is 0 Å². The number of halogens is 2. The molecule has 0 aliphatic rings. The molecule has 0 aliphatic heterocycles. The first kappa shape index (κ1) is 12.0. The summed E-state index contributed by atoms with van der Waals surface area (Å²) >= 11 is 10.8. The van der Waals surface area contributed by atoms with E-state index in [9.17, 15) is 9.59 Å². The molecule has 3 nitrogen and oxygen atoms in total. The highest BCUT2D eigenvalue weighted by molar-refractivity contribution is 6.63. The van der Waals surface area contributed by atoms with Crippen molar-refractivity contribution in [1.29, 1.82) is 0 Å². The van der Waals surface area contributed by atoms with Crippen molar-refractivity contribution in [1.82, 2.24) is 0 Å². The van der Waals surface area contributed by atoms with Gasteiger partial charge in [0.25, 0.3) is 0 Å². The van der Waals surface area contributed by atoms with Crippen LogP contribution >= 0.6 is 23.2 Å². The van der Waals surface area contributed by atoms with Crippen molar-refractivity contribution in [2.24, 2.45) is 0 Å². The van der Waals surface area contributed by atoms with Crippen molar-refractivity contribution in [3.05, 3.63) is 29.3 Å². The summed E-state index contributed by atoms with van der Waals surface area (Å²) in [6.45, 7) is 0. The van der Waals surface area contributed by atoms with Gasteiger partial charge in [-0.3, -0.25) is 9.59 Å². The normalized spacial score (nSPS) is 9.73. The third-order valence-electron chi connectivity index (χ3n) is 1.68. The molecule has 1 rings (SSSR count).